The highest BCUT2D eigenvalue weighted by molar-refractivity contribution is 7.62. The van der Waals surface area contributed by atoms with Crippen LogP contribution in [0, 0.1) is 0 Å². The number of hydrogen-bond donors (Lipinski definition) is 0. The molecule has 44 valence electrons. The van der Waals surface area contributed by atoms with Gasteiger partial charge < -0.3 is 0 Å². The third-order valence-electron chi connectivity index (χ3n) is 1.34. The van der Waals surface area contributed by atoms with Gasteiger partial charge in [0.05, 0.1) is 0 Å². The molecule has 0 aliphatic rings. The summed E-state index contributed by atoms with van der Waals surface area (Å²) in [5.74, 6) is 4.88. The maximum atomic E-state index is 1.63. The Morgan fingerprint density at radius 2 is 1.14 bits per heavy atom. The fraction of sp³-hybridized carbons (Fsp3) is 1.00. The predicted octanol–water partition coefficient (Wildman–Crippen LogP) is -2.56. The maximum absolute atomic E-state index is 1.63. The van der Waals surface area contributed by atoms with Crippen LogP contribution in [0.2, 0.25) is 0 Å². The van der Waals surface area contributed by atoms with E-state index in [1.807, 2.05) is 0 Å². The van der Waals surface area contributed by atoms with E-state index in [-0.39, 0.29) is 0 Å². The lowest BCUT2D eigenvalue weighted by Gasteiger charge is -2.07. The highest BCUT2D eigenvalue weighted by Crippen LogP contribution is 2.28. The van der Waals surface area contributed by atoms with Gasteiger partial charge in [0.1, 0.15) is 0 Å². The van der Waals surface area contributed by atoms with Gasteiger partial charge in [0.25, 0.3) is 0 Å². The molecular formula is C3H15PSi3. The van der Waals surface area contributed by atoms with Crippen molar-refractivity contribution in [3.63, 3.8) is 0 Å². The van der Waals surface area contributed by atoms with E-state index in [2.05, 4.69) is 0 Å². The molecule has 0 rings (SSSR count). The second kappa shape index (κ2) is 5.22. The molecule has 0 radical (unpaired) electrons. The largest absolute Gasteiger partial charge is 0.118 e. The molecule has 0 atom stereocenters. The van der Waals surface area contributed by atoms with Crippen molar-refractivity contribution in [2.24, 2.45) is 0 Å². The van der Waals surface area contributed by atoms with Crippen molar-refractivity contribution in [1.29, 1.82) is 0 Å². The van der Waals surface area contributed by atoms with E-state index in [1.54, 1.807) is 17.4 Å². The molecule has 0 aromatic rings. The Balaban J connectivity index is 2.99. The predicted molar refractivity (Wildman–Crippen MR) is 51.3 cm³/mol. The van der Waals surface area contributed by atoms with E-state index in [9.17, 15) is 0 Å². The molecule has 0 heterocycles. The first-order chi connectivity index (χ1) is 3.35. The summed E-state index contributed by atoms with van der Waals surface area (Å²) in [4.78, 5) is 0. The normalized spacial score (nSPS) is 15.4. The quantitative estimate of drug-likeness (QED) is 0.320. The Kier molecular flexibility index (Phi) is 6.03. The third-order valence-corrected chi connectivity index (χ3v) is 12.1. The molecule has 0 spiro atoms. The van der Waals surface area contributed by atoms with Crippen LogP contribution in [0.25, 0.3) is 0 Å². The first-order valence-electron chi connectivity index (χ1n) is 3.07. The molecular weight excluding hydrogens is 151 g/mol. The topological polar surface area (TPSA) is 0 Å². The van der Waals surface area contributed by atoms with E-state index in [0.29, 0.717) is 7.92 Å². The summed E-state index contributed by atoms with van der Waals surface area (Å²) in [5, 5.41) is 0. The molecule has 0 bridgehead atoms. The summed E-state index contributed by atoms with van der Waals surface area (Å²) in [6, 6.07) is 0. The number of rotatable bonds is 3. The van der Waals surface area contributed by atoms with Gasteiger partial charge in [-0.3, -0.25) is 0 Å². The molecule has 7 heavy (non-hydrogen) atoms. The van der Waals surface area contributed by atoms with Gasteiger partial charge in [0, 0.05) is 30.7 Å². The Labute approximate surface area is 56.5 Å². The van der Waals surface area contributed by atoms with Crippen molar-refractivity contribution < 1.29 is 0 Å². The Morgan fingerprint density at radius 1 is 0.857 bits per heavy atom. The average molecular weight is 166 g/mol. The molecule has 0 aromatic heterocycles. The van der Waals surface area contributed by atoms with E-state index in [0.717, 1.165) is 0 Å². The van der Waals surface area contributed by atoms with Crippen LogP contribution in [-0.4, -0.2) is 48.1 Å². The van der Waals surface area contributed by atoms with Crippen molar-refractivity contribution >= 4 is 38.6 Å². The molecule has 0 saturated carbocycles. The summed E-state index contributed by atoms with van der Waals surface area (Å²) >= 11 is 0. The zero-order valence-electron chi connectivity index (χ0n) is 5.57. The summed E-state index contributed by atoms with van der Waals surface area (Å²) in [5.41, 5.74) is 0. The highest BCUT2D eigenvalue weighted by atomic mass is 31.1. The van der Waals surface area contributed by atoms with Crippen molar-refractivity contribution in [3.8, 4) is 0 Å². The van der Waals surface area contributed by atoms with Gasteiger partial charge in [-0.1, -0.05) is 0 Å². The minimum Gasteiger partial charge on any atom is -0.118 e. The summed E-state index contributed by atoms with van der Waals surface area (Å²) in [7, 11) is 5.03. The van der Waals surface area contributed by atoms with Gasteiger partial charge in [0.15, 0.2) is 0 Å². The molecule has 0 saturated heterocycles. The minimum atomic E-state index is 0.631. The fourth-order valence-electron chi connectivity index (χ4n) is 0.671. The summed E-state index contributed by atoms with van der Waals surface area (Å²) in [6.07, 6.45) is 0. The molecule has 0 nitrogen and oxygen atoms in total. The van der Waals surface area contributed by atoms with Crippen LogP contribution in [0.1, 0.15) is 0 Å². The van der Waals surface area contributed by atoms with Gasteiger partial charge in [-0.05, 0) is 17.4 Å². The monoisotopic (exact) mass is 166 g/mol. The van der Waals surface area contributed by atoms with Crippen molar-refractivity contribution in [3.05, 3.63) is 0 Å². The fourth-order valence-corrected chi connectivity index (χ4v) is 18.1. The lowest BCUT2D eigenvalue weighted by molar-refractivity contribution is 1.90. The molecule has 0 aliphatic heterocycles. The van der Waals surface area contributed by atoms with Gasteiger partial charge in [-0.25, -0.2) is 0 Å². The first kappa shape index (κ1) is 8.08. The van der Waals surface area contributed by atoms with E-state index < -0.39 is 0 Å². The standard InChI is InChI=1S/C3H15PSi3/c5-1-4(2-6)3-7/h1-3H2,5-7H3. The molecule has 0 N–H and O–H groups in total. The molecule has 4 heteroatoms. The molecule has 0 fully saturated rings. The first-order valence-corrected chi connectivity index (χ1v) is 9.21. The zero-order chi connectivity index (χ0) is 5.70. The van der Waals surface area contributed by atoms with Crippen LogP contribution < -0.4 is 0 Å². The molecule has 0 amide bonds. The van der Waals surface area contributed by atoms with E-state index in [1.165, 1.54) is 30.7 Å². The van der Waals surface area contributed by atoms with Crippen LogP contribution in [0.3, 0.4) is 0 Å². The van der Waals surface area contributed by atoms with E-state index in [4.69, 9.17) is 0 Å². The smallest absolute Gasteiger partial charge is 0.00817 e. The van der Waals surface area contributed by atoms with Crippen molar-refractivity contribution in [1.82, 2.24) is 0 Å². The van der Waals surface area contributed by atoms with Crippen LogP contribution in [-0.2, 0) is 0 Å². The summed E-state index contributed by atoms with van der Waals surface area (Å²) in [6.45, 7) is 0. The van der Waals surface area contributed by atoms with Crippen LogP contribution in [0.15, 0.2) is 0 Å². The Bertz CT molecular complexity index is 31.7. The highest BCUT2D eigenvalue weighted by Gasteiger charge is 1.94. The van der Waals surface area contributed by atoms with Crippen molar-refractivity contribution in [2.45, 2.75) is 0 Å². The lowest BCUT2D eigenvalue weighted by Crippen LogP contribution is -1.93. The van der Waals surface area contributed by atoms with Crippen LogP contribution in [0.5, 0.6) is 0 Å². The SMILES string of the molecule is [SiH3]CP(C[SiH3])C[SiH3]. The van der Waals surface area contributed by atoms with Gasteiger partial charge in [0.2, 0.25) is 0 Å². The van der Waals surface area contributed by atoms with Crippen LogP contribution >= 0.6 is 7.92 Å². The van der Waals surface area contributed by atoms with Gasteiger partial charge >= 0.3 is 0 Å². The maximum Gasteiger partial charge on any atom is 0.00817 e. The van der Waals surface area contributed by atoms with Crippen molar-refractivity contribution in [2.75, 3.05) is 17.4 Å². The van der Waals surface area contributed by atoms with Gasteiger partial charge in [-0.2, -0.15) is 0 Å². The number of hydrogen-bond acceptors (Lipinski definition) is 0. The average Bonchev–Trinajstić information content (AvgIpc) is 1.72. The zero-order valence-corrected chi connectivity index (χ0v) is 12.5. The lowest BCUT2D eigenvalue weighted by atomic mass is 11.8. The molecule has 0 aromatic carbocycles. The third kappa shape index (κ3) is 3.65. The van der Waals surface area contributed by atoms with Crippen LogP contribution in [0.4, 0.5) is 0 Å². The minimum absolute atomic E-state index is 0.631. The molecule has 0 aliphatic carbocycles. The van der Waals surface area contributed by atoms with Gasteiger partial charge in [-0.15, -0.1) is 7.92 Å². The summed E-state index contributed by atoms with van der Waals surface area (Å²) < 4.78 is 0. The second-order valence-corrected chi connectivity index (χ2v) is 10.6. The van der Waals surface area contributed by atoms with E-state index >= 15 is 0 Å². The second-order valence-electron chi connectivity index (χ2n) is 1.62. The Morgan fingerprint density at radius 3 is 1.14 bits per heavy atom. The molecule has 0 unspecified atom stereocenters. The Hall–Kier alpha value is 1.08.